The maximum atomic E-state index is 11.2. The molecule has 1 N–H and O–H groups in total. The minimum Gasteiger partial charge on any atom is -0.464 e. The first-order valence-electron chi connectivity index (χ1n) is 5.20. The van der Waals surface area contributed by atoms with Gasteiger partial charge >= 0.3 is 5.97 Å². The van der Waals surface area contributed by atoms with Crippen LogP contribution in [0.5, 0.6) is 0 Å². The largest absolute Gasteiger partial charge is 0.464 e. The third kappa shape index (κ3) is 3.05. The zero-order chi connectivity index (χ0) is 13.0. The molecule has 94 valence electrons. The Morgan fingerprint density at radius 1 is 1.50 bits per heavy atom. The molecule has 2 aromatic rings. The molecule has 0 saturated carbocycles. The van der Waals surface area contributed by atoms with Gasteiger partial charge in [-0.05, 0) is 12.1 Å². The third-order valence-corrected chi connectivity index (χ3v) is 3.76. The van der Waals surface area contributed by atoms with Crippen molar-refractivity contribution in [2.24, 2.45) is 0 Å². The summed E-state index contributed by atoms with van der Waals surface area (Å²) in [6.07, 6.45) is 1.47. The molecule has 0 aliphatic heterocycles. The third-order valence-electron chi connectivity index (χ3n) is 2.23. The second kappa shape index (κ2) is 5.93. The topological polar surface area (TPSA) is 55.0 Å². The molecule has 6 heteroatoms. The number of esters is 1. The number of thioether (sulfide) groups is 1. The molecule has 2 rings (SSSR count). The van der Waals surface area contributed by atoms with Crippen LogP contribution in [0.25, 0.3) is 0 Å². The zero-order valence-electron chi connectivity index (χ0n) is 9.64. The highest BCUT2D eigenvalue weighted by Crippen LogP contribution is 2.28. The Kier molecular flexibility index (Phi) is 4.28. The maximum absolute atomic E-state index is 11.2. The Morgan fingerprint density at radius 2 is 2.28 bits per heavy atom. The molecule has 0 amide bonds. The molecule has 0 fully saturated rings. The van der Waals surface area contributed by atoms with Crippen molar-refractivity contribution in [1.82, 2.24) is 9.97 Å². The first-order valence-corrected chi connectivity index (χ1v) is 6.56. The molecule has 1 aromatic carbocycles. The number of carbonyl (C=O) groups excluding carboxylic acids is 1. The van der Waals surface area contributed by atoms with E-state index in [1.807, 2.05) is 24.3 Å². The quantitative estimate of drug-likeness (QED) is 0.691. The van der Waals surface area contributed by atoms with Crippen LogP contribution in [0.1, 0.15) is 16.3 Å². The number of rotatable bonds is 4. The van der Waals surface area contributed by atoms with Crippen LogP contribution in [-0.2, 0) is 10.5 Å². The molecule has 0 aliphatic rings. The summed E-state index contributed by atoms with van der Waals surface area (Å²) >= 11 is 7.60. The number of H-pyrrole nitrogens is 1. The number of aromatic nitrogens is 2. The minimum atomic E-state index is -0.420. The monoisotopic (exact) mass is 282 g/mol. The van der Waals surface area contributed by atoms with Crippen molar-refractivity contribution >= 4 is 29.3 Å². The Morgan fingerprint density at radius 3 is 3.00 bits per heavy atom. The predicted molar refractivity (Wildman–Crippen MR) is 70.9 cm³/mol. The van der Waals surface area contributed by atoms with Crippen molar-refractivity contribution in [2.45, 2.75) is 10.6 Å². The SMILES string of the molecule is COC(=O)c1cnc(CSc2ccccc2Cl)[nH]1. The summed E-state index contributed by atoms with van der Waals surface area (Å²) in [6, 6.07) is 7.59. The number of aromatic amines is 1. The highest BCUT2D eigenvalue weighted by Gasteiger charge is 2.09. The molecule has 1 heterocycles. The lowest BCUT2D eigenvalue weighted by molar-refractivity contribution is 0.0594. The molecule has 18 heavy (non-hydrogen) atoms. The molecule has 4 nitrogen and oxygen atoms in total. The Balaban J connectivity index is 2.01. The fourth-order valence-corrected chi connectivity index (χ4v) is 2.48. The van der Waals surface area contributed by atoms with E-state index in [-0.39, 0.29) is 0 Å². The van der Waals surface area contributed by atoms with Gasteiger partial charge in [-0.25, -0.2) is 9.78 Å². The van der Waals surface area contributed by atoms with Gasteiger partial charge in [-0.1, -0.05) is 23.7 Å². The number of nitrogens with one attached hydrogen (secondary N) is 1. The van der Waals surface area contributed by atoms with Gasteiger partial charge < -0.3 is 9.72 Å². The van der Waals surface area contributed by atoms with Crippen molar-refractivity contribution in [3.63, 3.8) is 0 Å². The minimum absolute atomic E-state index is 0.354. The molecule has 1 aromatic heterocycles. The maximum Gasteiger partial charge on any atom is 0.356 e. The van der Waals surface area contributed by atoms with Crippen LogP contribution in [0, 0.1) is 0 Å². The summed E-state index contributed by atoms with van der Waals surface area (Å²) in [5.74, 6) is 0.901. The molecular formula is C12H11ClN2O2S. The highest BCUT2D eigenvalue weighted by atomic mass is 35.5. The molecular weight excluding hydrogens is 272 g/mol. The van der Waals surface area contributed by atoms with Gasteiger partial charge in [-0.2, -0.15) is 0 Å². The van der Waals surface area contributed by atoms with Crippen LogP contribution < -0.4 is 0 Å². The van der Waals surface area contributed by atoms with E-state index >= 15 is 0 Å². The Bertz CT molecular complexity index is 557. The number of halogens is 1. The Hall–Kier alpha value is -1.46. The van der Waals surface area contributed by atoms with E-state index in [1.165, 1.54) is 13.3 Å². The number of methoxy groups -OCH3 is 1. The van der Waals surface area contributed by atoms with E-state index in [0.29, 0.717) is 22.3 Å². The number of carbonyl (C=O) groups is 1. The first-order chi connectivity index (χ1) is 8.70. The van der Waals surface area contributed by atoms with E-state index < -0.39 is 5.97 Å². The summed E-state index contributed by atoms with van der Waals surface area (Å²) in [5, 5.41) is 0.710. The van der Waals surface area contributed by atoms with Crippen molar-refractivity contribution in [3.8, 4) is 0 Å². The van der Waals surface area contributed by atoms with Crippen LogP contribution in [0.15, 0.2) is 35.4 Å². The van der Waals surface area contributed by atoms with Gasteiger partial charge in [0, 0.05) is 4.90 Å². The van der Waals surface area contributed by atoms with Crippen molar-refractivity contribution in [3.05, 3.63) is 47.0 Å². The molecule has 0 bridgehead atoms. The van der Waals surface area contributed by atoms with Crippen LogP contribution in [0.4, 0.5) is 0 Å². The molecule has 0 saturated heterocycles. The summed E-state index contributed by atoms with van der Waals surface area (Å²) in [4.78, 5) is 19.2. The zero-order valence-corrected chi connectivity index (χ0v) is 11.2. The van der Waals surface area contributed by atoms with Gasteiger partial charge in [0.05, 0.1) is 24.1 Å². The predicted octanol–water partition coefficient (Wildman–Crippen LogP) is 3.14. The second-order valence-electron chi connectivity index (χ2n) is 3.45. The number of ether oxygens (including phenoxy) is 1. The number of hydrogen-bond acceptors (Lipinski definition) is 4. The fourth-order valence-electron chi connectivity index (χ4n) is 1.36. The van der Waals surface area contributed by atoms with Gasteiger partial charge in [0.25, 0.3) is 0 Å². The average Bonchev–Trinajstić information content (AvgIpc) is 2.86. The normalized spacial score (nSPS) is 10.3. The van der Waals surface area contributed by atoms with E-state index in [0.717, 1.165) is 4.90 Å². The highest BCUT2D eigenvalue weighted by molar-refractivity contribution is 7.98. The number of benzene rings is 1. The van der Waals surface area contributed by atoms with E-state index in [9.17, 15) is 4.79 Å². The Labute approximate surface area is 114 Å². The van der Waals surface area contributed by atoms with Crippen molar-refractivity contribution < 1.29 is 9.53 Å². The number of nitrogens with zero attached hydrogens (tertiary/aromatic N) is 1. The molecule has 0 spiro atoms. The lowest BCUT2D eigenvalue weighted by atomic mass is 10.4. The van der Waals surface area contributed by atoms with Crippen LogP contribution in [0.2, 0.25) is 5.02 Å². The van der Waals surface area contributed by atoms with Crippen LogP contribution in [-0.4, -0.2) is 23.0 Å². The van der Waals surface area contributed by atoms with Crippen LogP contribution in [0.3, 0.4) is 0 Å². The lowest BCUT2D eigenvalue weighted by Crippen LogP contribution is -2.01. The van der Waals surface area contributed by atoms with Gasteiger partial charge in [-0.3, -0.25) is 0 Å². The molecule has 0 atom stereocenters. The smallest absolute Gasteiger partial charge is 0.356 e. The molecule has 0 unspecified atom stereocenters. The summed E-state index contributed by atoms with van der Waals surface area (Å²) in [6.45, 7) is 0. The summed E-state index contributed by atoms with van der Waals surface area (Å²) in [5.41, 5.74) is 0.354. The second-order valence-corrected chi connectivity index (χ2v) is 4.88. The van der Waals surface area contributed by atoms with E-state index in [2.05, 4.69) is 14.7 Å². The number of hydrogen-bond donors (Lipinski definition) is 1. The molecule has 0 aliphatic carbocycles. The van der Waals surface area contributed by atoms with E-state index in [1.54, 1.807) is 11.8 Å². The standard InChI is InChI=1S/C12H11ClN2O2S/c1-17-12(16)9-6-14-11(15-9)7-18-10-5-3-2-4-8(10)13/h2-6H,7H2,1H3,(H,14,15). The summed E-state index contributed by atoms with van der Waals surface area (Å²) < 4.78 is 4.59. The van der Waals surface area contributed by atoms with Gasteiger partial charge in [0.15, 0.2) is 0 Å². The number of imidazole rings is 1. The van der Waals surface area contributed by atoms with E-state index in [4.69, 9.17) is 11.6 Å². The summed E-state index contributed by atoms with van der Waals surface area (Å²) in [7, 11) is 1.33. The fraction of sp³-hybridized carbons (Fsp3) is 0.167. The average molecular weight is 283 g/mol. The van der Waals surface area contributed by atoms with Gasteiger partial charge in [-0.15, -0.1) is 11.8 Å². The van der Waals surface area contributed by atoms with Gasteiger partial charge in [0.1, 0.15) is 11.5 Å². The van der Waals surface area contributed by atoms with Crippen molar-refractivity contribution in [2.75, 3.05) is 7.11 Å². The van der Waals surface area contributed by atoms with Crippen LogP contribution >= 0.6 is 23.4 Å². The van der Waals surface area contributed by atoms with Gasteiger partial charge in [0.2, 0.25) is 0 Å². The lowest BCUT2D eigenvalue weighted by Gasteiger charge is -2.01. The van der Waals surface area contributed by atoms with Crippen molar-refractivity contribution in [1.29, 1.82) is 0 Å². The molecule has 0 radical (unpaired) electrons. The first kappa shape index (κ1) is 13.0.